The molecule has 0 aromatic carbocycles. The molecule has 0 spiro atoms. The van der Waals surface area contributed by atoms with Gasteiger partial charge >= 0.3 is 0 Å². The highest BCUT2D eigenvalue weighted by Crippen LogP contribution is 2.39. The van der Waals surface area contributed by atoms with Crippen molar-refractivity contribution in [2.45, 2.75) is 70.8 Å². The number of unbranched alkanes of at least 4 members (excludes halogenated alkanes) is 2. The molecule has 1 unspecified atom stereocenters. The maximum Gasteiger partial charge on any atom is 0.0650 e. The number of hydrogen-bond donors (Lipinski definition) is 1. The largest absolute Gasteiger partial charge is 0.390 e. The van der Waals surface area contributed by atoms with Gasteiger partial charge in [0.25, 0.3) is 0 Å². The average molecular weight is 184 g/mol. The summed E-state index contributed by atoms with van der Waals surface area (Å²) >= 11 is 0. The zero-order valence-electron chi connectivity index (χ0n) is 9.18. The lowest BCUT2D eigenvalue weighted by Crippen LogP contribution is -2.05. The van der Waals surface area contributed by atoms with E-state index in [-0.39, 0.29) is 5.60 Å². The van der Waals surface area contributed by atoms with Crippen LogP contribution in [0.5, 0.6) is 0 Å². The minimum atomic E-state index is -0.212. The highest BCUT2D eigenvalue weighted by molar-refractivity contribution is 4.92. The number of hydrogen-bond acceptors (Lipinski definition) is 1. The molecule has 1 aliphatic rings. The van der Waals surface area contributed by atoms with Gasteiger partial charge in [0.15, 0.2) is 0 Å². The predicted octanol–water partition coefficient (Wildman–Crippen LogP) is 3.51. The van der Waals surface area contributed by atoms with E-state index in [0.29, 0.717) is 0 Å². The van der Waals surface area contributed by atoms with Crippen LogP contribution in [0.2, 0.25) is 0 Å². The molecule has 1 nitrogen and oxygen atoms in total. The van der Waals surface area contributed by atoms with Crippen LogP contribution in [-0.4, -0.2) is 10.7 Å². The molecule has 0 heterocycles. The first-order chi connectivity index (χ1) is 6.16. The Morgan fingerprint density at radius 1 is 1.23 bits per heavy atom. The van der Waals surface area contributed by atoms with Crippen molar-refractivity contribution in [1.29, 1.82) is 0 Å². The van der Waals surface area contributed by atoms with Crippen molar-refractivity contribution in [3.8, 4) is 0 Å². The molecule has 13 heavy (non-hydrogen) atoms. The first-order valence-electron chi connectivity index (χ1n) is 5.89. The standard InChI is InChI=1S/C12H24O/c1-3-11(2)7-5-4-6-8-12(13)9-10-12/h11,13H,3-10H2,1-2H3. The number of rotatable bonds is 7. The Hall–Kier alpha value is -0.0400. The van der Waals surface area contributed by atoms with Gasteiger partial charge in [0.05, 0.1) is 5.60 Å². The molecule has 1 fully saturated rings. The third-order valence-corrected chi connectivity index (χ3v) is 3.36. The molecule has 0 amide bonds. The molecule has 0 radical (unpaired) electrons. The molecule has 0 aromatic rings. The van der Waals surface area contributed by atoms with Gasteiger partial charge in [-0.15, -0.1) is 0 Å². The molecule has 1 aliphatic carbocycles. The third-order valence-electron chi connectivity index (χ3n) is 3.36. The molecule has 78 valence electrons. The first kappa shape index (κ1) is 11.0. The van der Waals surface area contributed by atoms with Gasteiger partial charge in [-0.3, -0.25) is 0 Å². The van der Waals surface area contributed by atoms with Crippen LogP contribution in [0, 0.1) is 5.92 Å². The second-order valence-corrected chi connectivity index (χ2v) is 4.84. The maximum atomic E-state index is 9.58. The number of aliphatic hydroxyl groups is 1. The fourth-order valence-corrected chi connectivity index (χ4v) is 1.72. The Kier molecular flexibility index (Phi) is 4.24. The summed E-state index contributed by atoms with van der Waals surface area (Å²) in [5.74, 6) is 0.893. The van der Waals surface area contributed by atoms with E-state index in [1.165, 1.54) is 32.1 Å². The van der Waals surface area contributed by atoms with Crippen LogP contribution < -0.4 is 0 Å². The molecule has 1 atom stereocenters. The van der Waals surface area contributed by atoms with E-state index in [2.05, 4.69) is 13.8 Å². The molecule has 0 aliphatic heterocycles. The summed E-state index contributed by atoms with van der Waals surface area (Å²) in [6, 6.07) is 0. The SMILES string of the molecule is CCC(C)CCCCCC1(O)CC1. The van der Waals surface area contributed by atoms with E-state index < -0.39 is 0 Å². The Bertz CT molecular complexity index is 138. The van der Waals surface area contributed by atoms with Gasteiger partial charge in [0.1, 0.15) is 0 Å². The zero-order chi connectivity index (χ0) is 9.73. The molecule has 1 heteroatoms. The summed E-state index contributed by atoms with van der Waals surface area (Å²) in [4.78, 5) is 0. The lowest BCUT2D eigenvalue weighted by molar-refractivity contribution is 0.136. The predicted molar refractivity (Wildman–Crippen MR) is 56.7 cm³/mol. The lowest BCUT2D eigenvalue weighted by atomic mass is 9.99. The molecular weight excluding hydrogens is 160 g/mol. The van der Waals surface area contributed by atoms with E-state index in [4.69, 9.17) is 0 Å². The molecule has 0 bridgehead atoms. The molecule has 0 aromatic heterocycles. The minimum absolute atomic E-state index is 0.212. The minimum Gasteiger partial charge on any atom is -0.390 e. The fourth-order valence-electron chi connectivity index (χ4n) is 1.72. The Morgan fingerprint density at radius 3 is 2.46 bits per heavy atom. The summed E-state index contributed by atoms with van der Waals surface area (Å²) in [6.45, 7) is 4.59. The monoisotopic (exact) mass is 184 g/mol. The summed E-state index contributed by atoms with van der Waals surface area (Å²) in [6.07, 6.45) is 9.73. The van der Waals surface area contributed by atoms with Crippen molar-refractivity contribution in [1.82, 2.24) is 0 Å². The maximum absolute atomic E-state index is 9.58. The molecule has 1 saturated carbocycles. The summed E-state index contributed by atoms with van der Waals surface area (Å²) in [5.41, 5.74) is -0.212. The third kappa shape index (κ3) is 4.66. The normalized spacial score (nSPS) is 21.5. The summed E-state index contributed by atoms with van der Waals surface area (Å²) < 4.78 is 0. The Labute approximate surface area is 82.5 Å². The van der Waals surface area contributed by atoms with Crippen LogP contribution in [0.1, 0.15) is 65.2 Å². The van der Waals surface area contributed by atoms with Crippen molar-refractivity contribution >= 4 is 0 Å². The zero-order valence-corrected chi connectivity index (χ0v) is 9.18. The quantitative estimate of drug-likeness (QED) is 0.600. The van der Waals surface area contributed by atoms with Crippen LogP contribution in [0.4, 0.5) is 0 Å². The van der Waals surface area contributed by atoms with Gasteiger partial charge in [0, 0.05) is 0 Å². The van der Waals surface area contributed by atoms with Gasteiger partial charge in [0.2, 0.25) is 0 Å². The van der Waals surface area contributed by atoms with Crippen molar-refractivity contribution in [2.75, 3.05) is 0 Å². The van der Waals surface area contributed by atoms with Crippen LogP contribution in [0.15, 0.2) is 0 Å². The van der Waals surface area contributed by atoms with Gasteiger partial charge in [-0.1, -0.05) is 46.0 Å². The van der Waals surface area contributed by atoms with E-state index in [9.17, 15) is 5.11 Å². The second-order valence-electron chi connectivity index (χ2n) is 4.84. The molecule has 0 saturated heterocycles. The van der Waals surface area contributed by atoms with Gasteiger partial charge in [-0.2, -0.15) is 0 Å². The molecular formula is C12H24O. The second kappa shape index (κ2) is 4.99. The Morgan fingerprint density at radius 2 is 1.92 bits per heavy atom. The first-order valence-corrected chi connectivity index (χ1v) is 5.89. The van der Waals surface area contributed by atoms with Gasteiger partial charge in [-0.25, -0.2) is 0 Å². The summed E-state index contributed by atoms with van der Waals surface area (Å²) in [5, 5.41) is 9.58. The van der Waals surface area contributed by atoms with Gasteiger partial charge in [-0.05, 0) is 25.2 Å². The lowest BCUT2D eigenvalue weighted by Gasteiger charge is -2.09. The van der Waals surface area contributed by atoms with E-state index >= 15 is 0 Å². The topological polar surface area (TPSA) is 20.2 Å². The van der Waals surface area contributed by atoms with Crippen LogP contribution in [-0.2, 0) is 0 Å². The smallest absolute Gasteiger partial charge is 0.0650 e. The molecule has 1 rings (SSSR count). The van der Waals surface area contributed by atoms with E-state index in [1.807, 2.05) is 0 Å². The van der Waals surface area contributed by atoms with Crippen LogP contribution in [0.3, 0.4) is 0 Å². The van der Waals surface area contributed by atoms with E-state index in [0.717, 1.165) is 25.2 Å². The van der Waals surface area contributed by atoms with Crippen LogP contribution in [0.25, 0.3) is 0 Å². The van der Waals surface area contributed by atoms with Gasteiger partial charge < -0.3 is 5.11 Å². The van der Waals surface area contributed by atoms with Crippen molar-refractivity contribution in [3.05, 3.63) is 0 Å². The van der Waals surface area contributed by atoms with Crippen molar-refractivity contribution in [3.63, 3.8) is 0 Å². The fraction of sp³-hybridized carbons (Fsp3) is 1.00. The van der Waals surface area contributed by atoms with E-state index in [1.54, 1.807) is 0 Å². The average Bonchev–Trinajstić information content (AvgIpc) is 2.83. The highest BCUT2D eigenvalue weighted by atomic mass is 16.3. The Balaban J connectivity index is 1.84. The van der Waals surface area contributed by atoms with Crippen molar-refractivity contribution < 1.29 is 5.11 Å². The van der Waals surface area contributed by atoms with Crippen molar-refractivity contribution in [2.24, 2.45) is 5.92 Å². The molecule has 1 N–H and O–H groups in total. The highest BCUT2D eigenvalue weighted by Gasteiger charge is 2.38. The van der Waals surface area contributed by atoms with Crippen LogP contribution >= 0.6 is 0 Å². The summed E-state index contributed by atoms with van der Waals surface area (Å²) in [7, 11) is 0.